The number of anilines is 1. The summed E-state index contributed by atoms with van der Waals surface area (Å²) in [6, 6.07) is 48.4. The topological polar surface area (TPSA) is 21.7 Å². The molecule has 3 heteroatoms. The predicted molar refractivity (Wildman–Crippen MR) is 178 cm³/mol. The van der Waals surface area contributed by atoms with E-state index in [9.17, 15) is 0 Å². The Kier molecular flexibility index (Phi) is 7.99. The Balaban J connectivity index is 1.85. The molecule has 0 aliphatic carbocycles. The number of para-hydroxylation sites is 3. The number of hydrogen-bond donors (Lipinski definition) is 0. The summed E-state index contributed by atoms with van der Waals surface area (Å²) in [7, 11) is 5.82. The molecular weight excluding hydrogens is 526 g/mol. The highest BCUT2D eigenvalue weighted by atomic mass is 16.5. The maximum Gasteiger partial charge on any atom is 0.122 e. The summed E-state index contributed by atoms with van der Waals surface area (Å²) in [5.41, 5.74) is 6.47. The third-order valence-corrected chi connectivity index (χ3v) is 9.83. The number of benzene rings is 5. The van der Waals surface area contributed by atoms with E-state index in [4.69, 9.17) is 9.47 Å². The summed E-state index contributed by atoms with van der Waals surface area (Å²) in [5.74, 6) is 1.82. The fraction of sp³-hybridized carbons (Fsp3) is 0.250. The molecule has 0 N–H and O–H groups in total. The molecule has 3 nitrogen and oxygen atoms in total. The van der Waals surface area contributed by atoms with Crippen LogP contribution in [-0.2, 0) is 10.8 Å². The smallest absolute Gasteiger partial charge is 0.122 e. The maximum atomic E-state index is 6.19. The van der Waals surface area contributed by atoms with Crippen LogP contribution in [0.1, 0.15) is 47.6 Å². The zero-order valence-corrected chi connectivity index (χ0v) is 25.7. The predicted octanol–water partition coefficient (Wildman–Crippen LogP) is 8.89. The van der Waals surface area contributed by atoms with E-state index < -0.39 is 10.8 Å². The van der Waals surface area contributed by atoms with Crippen molar-refractivity contribution in [2.45, 2.75) is 30.6 Å². The maximum absolute atomic E-state index is 6.19. The normalized spacial score (nSPS) is 17.6. The molecule has 0 aromatic heterocycles. The number of rotatable bonds is 6. The van der Waals surface area contributed by atoms with Gasteiger partial charge in [0.25, 0.3) is 0 Å². The van der Waals surface area contributed by atoms with Crippen LogP contribution in [0.15, 0.2) is 133 Å². The van der Waals surface area contributed by atoms with E-state index >= 15 is 0 Å². The highest BCUT2D eigenvalue weighted by Gasteiger charge is 2.55. The third-order valence-electron chi connectivity index (χ3n) is 9.83. The van der Waals surface area contributed by atoms with Crippen LogP contribution in [0.5, 0.6) is 11.5 Å². The van der Waals surface area contributed by atoms with Crippen molar-refractivity contribution >= 4 is 5.69 Å². The molecule has 0 saturated carbocycles. The monoisotopic (exact) mass is 567 g/mol. The minimum atomic E-state index is -0.528. The van der Waals surface area contributed by atoms with Crippen molar-refractivity contribution in [3.63, 3.8) is 0 Å². The number of methoxy groups -OCH3 is 2. The zero-order valence-electron chi connectivity index (χ0n) is 25.7. The van der Waals surface area contributed by atoms with E-state index in [-0.39, 0.29) is 5.92 Å². The van der Waals surface area contributed by atoms with Crippen LogP contribution < -0.4 is 14.4 Å². The largest absolute Gasteiger partial charge is 0.496 e. The van der Waals surface area contributed by atoms with Gasteiger partial charge in [0.1, 0.15) is 11.5 Å². The third kappa shape index (κ3) is 4.59. The van der Waals surface area contributed by atoms with Gasteiger partial charge in [0, 0.05) is 35.8 Å². The van der Waals surface area contributed by atoms with Crippen molar-refractivity contribution in [3.05, 3.63) is 161 Å². The van der Waals surface area contributed by atoms with Gasteiger partial charge in [0.15, 0.2) is 0 Å². The molecule has 0 bridgehead atoms. The van der Waals surface area contributed by atoms with E-state index in [1.165, 1.54) is 33.5 Å². The van der Waals surface area contributed by atoms with E-state index in [0.29, 0.717) is 0 Å². The summed E-state index contributed by atoms with van der Waals surface area (Å²) in [4.78, 5) is 2.45. The number of hydrogen-bond acceptors (Lipinski definition) is 3. The fourth-order valence-electron chi connectivity index (χ4n) is 7.96. The lowest BCUT2D eigenvalue weighted by molar-refractivity contribution is 0.230. The van der Waals surface area contributed by atoms with E-state index in [1.54, 1.807) is 14.2 Å². The molecule has 1 atom stereocenters. The second kappa shape index (κ2) is 12.0. The van der Waals surface area contributed by atoms with Gasteiger partial charge >= 0.3 is 0 Å². The van der Waals surface area contributed by atoms with Crippen molar-refractivity contribution in [1.29, 1.82) is 0 Å². The quantitative estimate of drug-likeness (QED) is 0.205. The lowest BCUT2D eigenvalue weighted by Gasteiger charge is -2.52. The Morgan fingerprint density at radius 3 is 1.53 bits per heavy atom. The summed E-state index contributed by atoms with van der Waals surface area (Å²) < 4.78 is 12.4. The molecule has 6 rings (SSSR count). The molecule has 1 heterocycles. The van der Waals surface area contributed by atoms with Crippen molar-refractivity contribution in [1.82, 2.24) is 0 Å². The second-order valence-electron chi connectivity index (χ2n) is 11.7. The molecule has 0 radical (unpaired) electrons. The lowest BCUT2D eigenvalue weighted by atomic mass is 9.50. The van der Waals surface area contributed by atoms with Crippen LogP contribution >= 0.6 is 0 Å². The number of nitrogens with zero attached hydrogens (tertiary/aromatic N) is 1. The van der Waals surface area contributed by atoms with Gasteiger partial charge in [-0.15, -0.1) is 0 Å². The molecule has 5 aromatic carbocycles. The van der Waals surface area contributed by atoms with Gasteiger partial charge in [-0.3, -0.25) is 0 Å². The number of fused-ring (bicyclic) bond motifs is 1. The summed E-state index contributed by atoms with van der Waals surface area (Å²) in [5, 5.41) is 0. The Morgan fingerprint density at radius 2 is 1.02 bits per heavy atom. The van der Waals surface area contributed by atoms with E-state index in [0.717, 1.165) is 30.9 Å². The van der Waals surface area contributed by atoms with Gasteiger partial charge in [-0.25, -0.2) is 0 Å². The zero-order chi connectivity index (χ0) is 29.9. The lowest BCUT2D eigenvalue weighted by Crippen LogP contribution is -2.49. The molecule has 0 amide bonds. The molecule has 0 spiro atoms. The summed E-state index contributed by atoms with van der Waals surface area (Å²) in [6.07, 6.45) is 1.90. The second-order valence-corrected chi connectivity index (χ2v) is 11.7. The Bertz CT molecular complexity index is 1580. The molecule has 0 saturated heterocycles. The number of ether oxygens (including phenoxy) is 2. The average molecular weight is 568 g/mol. The highest BCUT2D eigenvalue weighted by Crippen LogP contribution is 2.60. The first-order valence-electron chi connectivity index (χ1n) is 15.3. The fourth-order valence-corrected chi connectivity index (χ4v) is 7.96. The molecule has 0 fully saturated rings. The van der Waals surface area contributed by atoms with Gasteiger partial charge in [0.2, 0.25) is 0 Å². The minimum absolute atomic E-state index is 0.0186. The van der Waals surface area contributed by atoms with Crippen molar-refractivity contribution < 1.29 is 9.47 Å². The van der Waals surface area contributed by atoms with Crippen LogP contribution in [0.4, 0.5) is 5.69 Å². The van der Waals surface area contributed by atoms with Gasteiger partial charge < -0.3 is 14.4 Å². The molecule has 43 heavy (non-hydrogen) atoms. The van der Waals surface area contributed by atoms with Gasteiger partial charge in [-0.1, -0.05) is 122 Å². The van der Waals surface area contributed by atoms with Crippen LogP contribution in [0, 0.1) is 5.92 Å². The van der Waals surface area contributed by atoms with Crippen LogP contribution in [0.2, 0.25) is 0 Å². The Labute approximate surface area is 256 Å². The molecule has 218 valence electrons. The summed E-state index contributed by atoms with van der Waals surface area (Å²) in [6.45, 7) is 3.39. The average Bonchev–Trinajstić information content (AvgIpc) is 3.11. The SMILES string of the molecule is COc1ccccc1C1(c2ccccc2OC)CCCN(C)c2ccccc2C(c2ccccc2)(c2ccccc2)[C@@H]1C. The van der Waals surface area contributed by atoms with Crippen molar-refractivity contribution in [2.75, 3.05) is 32.7 Å². The van der Waals surface area contributed by atoms with Crippen molar-refractivity contribution in [3.8, 4) is 11.5 Å². The molecule has 1 aliphatic heterocycles. The Hall–Kier alpha value is -4.50. The van der Waals surface area contributed by atoms with Gasteiger partial charge in [0.05, 0.1) is 19.6 Å². The molecule has 0 unspecified atom stereocenters. The highest BCUT2D eigenvalue weighted by molar-refractivity contribution is 5.67. The van der Waals surface area contributed by atoms with Crippen LogP contribution in [0.25, 0.3) is 0 Å². The van der Waals surface area contributed by atoms with Gasteiger partial charge in [-0.05, 0) is 53.6 Å². The van der Waals surface area contributed by atoms with Crippen LogP contribution in [-0.4, -0.2) is 27.8 Å². The van der Waals surface area contributed by atoms with E-state index in [2.05, 4.69) is 152 Å². The van der Waals surface area contributed by atoms with E-state index in [1.807, 2.05) is 0 Å². The van der Waals surface area contributed by atoms with Crippen molar-refractivity contribution in [2.24, 2.45) is 5.92 Å². The molecule has 5 aromatic rings. The molecule has 1 aliphatic rings. The van der Waals surface area contributed by atoms with Gasteiger partial charge in [-0.2, -0.15) is 0 Å². The first kappa shape index (κ1) is 28.6. The first-order valence-corrected chi connectivity index (χ1v) is 15.3. The Morgan fingerprint density at radius 1 is 0.581 bits per heavy atom. The first-order chi connectivity index (χ1) is 21.1. The molecular formula is C40H41NO2. The minimum Gasteiger partial charge on any atom is -0.496 e. The van der Waals surface area contributed by atoms with Crippen LogP contribution in [0.3, 0.4) is 0 Å². The standard InChI is InChI=1S/C40H41NO2/c1-30-39(34-23-12-15-26-37(34)42-3,35-24-13-16-27-38(35)43-4)28-17-29-41(2)36-25-14-11-22-33(36)40(30,31-18-7-5-8-19-31)32-20-9-6-10-21-32/h5-16,18-27,30H,17,28-29H2,1-4H3/t30-/m1/s1. The summed E-state index contributed by atoms with van der Waals surface area (Å²) >= 11 is 0.